The molecule has 0 fully saturated rings. The summed E-state index contributed by atoms with van der Waals surface area (Å²) in [6, 6.07) is 18.8. The average molecular weight is 278 g/mol. The van der Waals surface area contributed by atoms with E-state index < -0.39 is 5.66 Å². The van der Waals surface area contributed by atoms with Gasteiger partial charge in [0, 0.05) is 12.0 Å². The fourth-order valence-corrected chi connectivity index (χ4v) is 2.23. The van der Waals surface area contributed by atoms with E-state index in [1.54, 1.807) is 12.1 Å². The highest BCUT2D eigenvalue weighted by molar-refractivity contribution is 5.42. The Morgan fingerprint density at radius 1 is 0.810 bits per heavy atom. The topological polar surface area (TPSA) is 58.9 Å². The first-order valence-corrected chi connectivity index (χ1v) is 6.58. The van der Waals surface area contributed by atoms with Gasteiger partial charge < -0.3 is 0 Å². The largest absolute Gasteiger partial charge is 0.237 e. The molecule has 0 spiro atoms. The summed E-state index contributed by atoms with van der Waals surface area (Å²) in [6.07, 6.45) is 4.09. The lowest BCUT2D eigenvalue weighted by atomic mass is 9.93. The van der Waals surface area contributed by atoms with Gasteiger partial charge in [0.25, 0.3) is 0 Å². The number of nitrogens with zero attached hydrogens (tertiary/aromatic N) is 2. The van der Waals surface area contributed by atoms with Gasteiger partial charge in [-0.25, -0.2) is 9.59 Å². The monoisotopic (exact) mass is 278 g/mol. The molecule has 2 aromatic rings. The number of hydrogen-bond acceptors (Lipinski definition) is 4. The summed E-state index contributed by atoms with van der Waals surface area (Å²) in [4.78, 5) is 29.2. The summed E-state index contributed by atoms with van der Waals surface area (Å²) in [7, 11) is 0. The van der Waals surface area contributed by atoms with Gasteiger partial charge in [-0.15, -0.1) is 0 Å². The van der Waals surface area contributed by atoms with E-state index in [1.165, 1.54) is 12.2 Å². The van der Waals surface area contributed by atoms with Crippen molar-refractivity contribution in [2.75, 3.05) is 0 Å². The molecular weight excluding hydrogens is 264 g/mol. The van der Waals surface area contributed by atoms with Crippen LogP contribution in [0.4, 0.5) is 0 Å². The molecule has 0 atom stereocenters. The van der Waals surface area contributed by atoms with Crippen LogP contribution < -0.4 is 0 Å². The van der Waals surface area contributed by atoms with Crippen LogP contribution >= 0.6 is 0 Å². The summed E-state index contributed by atoms with van der Waals surface area (Å²) in [6.45, 7) is 0. The van der Waals surface area contributed by atoms with E-state index >= 15 is 0 Å². The van der Waals surface area contributed by atoms with Crippen LogP contribution in [0.2, 0.25) is 0 Å². The van der Waals surface area contributed by atoms with Crippen molar-refractivity contribution < 1.29 is 9.59 Å². The molecule has 0 saturated heterocycles. The molecule has 0 bridgehead atoms. The van der Waals surface area contributed by atoms with Crippen LogP contribution in [0.25, 0.3) is 0 Å². The molecule has 0 unspecified atom stereocenters. The number of benzene rings is 2. The first kappa shape index (κ1) is 14.6. The molecule has 0 N–H and O–H groups in total. The van der Waals surface area contributed by atoms with Crippen molar-refractivity contribution in [3.8, 4) is 0 Å². The van der Waals surface area contributed by atoms with Gasteiger partial charge in [0.15, 0.2) is 5.66 Å². The number of carbonyl (C=O) groups excluding carboxylic acids is 2. The van der Waals surface area contributed by atoms with E-state index in [2.05, 4.69) is 9.98 Å². The first-order chi connectivity index (χ1) is 10.3. The van der Waals surface area contributed by atoms with Crippen molar-refractivity contribution in [3.63, 3.8) is 0 Å². The van der Waals surface area contributed by atoms with Gasteiger partial charge >= 0.3 is 0 Å². The van der Waals surface area contributed by atoms with Crippen LogP contribution in [-0.2, 0) is 21.7 Å². The Balaban J connectivity index is 2.36. The van der Waals surface area contributed by atoms with Gasteiger partial charge in [0.2, 0.25) is 12.2 Å². The number of isocyanates is 2. The summed E-state index contributed by atoms with van der Waals surface area (Å²) in [5.41, 5.74) is 0.508. The Morgan fingerprint density at radius 2 is 1.33 bits per heavy atom. The molecule has 0 aliphatic carbocycles. The van der Waals surface area contributed by atoms with Crippen LogP contribution in [0.5, 0.6) is 0 Å². The van der Waals surface area contributed by atoms with Crippen molar-refractivity contribution in [1.82, 2.24) is 0 Å². The van der Waals surface area contributed by atoms with Crippen LogP contribution in [0.15, 0.2) is 70.6 Å². The number of hydrogen-bond donors (Lipinski definition) is 0. The normalized spacial score (nSPS) is 12.6. The lowest BCUT2D eigenvalue weighted by Crippen LogP contribution is -2.22. The molecule has 2 rings (SSSR count). The molecule has 0 amide bonds. The minimum atomic E-state index is -1.25. The Morgan fingerprint density at radius 3 is 1.86 bits per heavy atom. The van der Waals surface area contributed by atoms with E-state index in [-0.39, 0.29) is 0 Å². The molecule has 0 aliphatic heterocycles. The van der Waals surface area contributed by atoms with E-state index in [4.69, 9.17) is 0 Å². The van der Waals surface area contributed by atoms with Gasteiger partial charge in [0.1, 0.15) is 0 Å². The summed E-state index contributed by atoms with van der Waals surface area (Å²) < 4.78 is 0. The van der Waals surface area contributed by atoms with Crippen molar-refractivity contribution in [1.29, 1.82) is 0 Å². The fraction of sp³-hybridized carbons (Fsp3) is 0.176. The van der Waals surface area contributed by atoms with Crippen molar-refractivity contribution in [2.45, 2.75) is 18.5 Å². The third kappa shape index (κ3) is 3.61. The fourth-order valence-electron chi connectivity index (χ4n) is 2.23. The SMILES string of the molecule is O=C=NC(CCc1ccccc1)(N=C=O)c1ccccc1. The minimum Gasteiger partial charge on any atom is -0.211 e. The molecule has 2 aromatic carbocycles. The zero-order chi connectivity index (χ0) is 15.0. The summed E-state index contributed by atoms with van der Waals surface area (Å²) in [5, 5.41) is 0. The van der Waals surface area contributed by atoms with Gasteiger partial charge in [-0.05, 0) is 12.0 Å². The molecule has 104 valence electrons. The third-order valence-electron chi connectivity index (χ3n) is 3.30. The van der Waals surface area contributed by atoms with Crippen LogP contribution in [0, 0.1) is 0 Å². The number of rotatable bonds is 6. The molecule has 0 radical (unpaired) electrons. The van der Waals surface area contributed by atoms with E-state index in [0.29, 0.717) is 18.4 Å². The predicted octanol–water partition coefficient (Wildman–Crippen LogP) is 3.14. The maximum Gasteiger partial charge on any atom is 0.237 e. The molecule has 0 saturated carbocycles. The minimum absolute atomic E-state index is 0.394. The Kier molecular flexibility index (Phi) is 4.94. The Hall–Kier alpha value is -2.80. The molecular formula is C17H14N2O2. The second-order valence-electron chi connectivity index (χ2n) is 4.57. The average Bonchev–Trinajstić information content (AvgIpc) is 2.55. The maximum absolute atomic E-state index is 10.8. The predicted molar refractivity (Wildman–Crippen MR) is 79.1 cm³/mol. The van der Waals surface area contributed by atoms with Crippen LogP contribution in [0.3, 0.4) is 0 Å². The highest BCUT2D eigenvalue weighted by atomic mass is 16.1. The molecule has 0 heterocycles. The van der Waals surface area contributed by atoms with Crippen molar-refractivity contribution >= 4 is 12.2 Å². The lowest BCUT2D eigenvalue weighted by molar-refractivity contribution is 0.422. The molecule has 4 nitrogen and oxygen atoms in total. The van der Waals surface area contributed by atoms with Gasteiger partial charge in [0.05, 0.1) is 0 Å². The number of aryl methyl sites for hydroxylation is 1. The highest BCUT2D eigenvalue weighted by Gasteiger charge is 2.31. The Bertz CT molecular complexity index is 652. The van der Waals surface area contributed by atoms with Gasteiger partial charge in [-0.3, -0.25) is 0 Å². The lowest BCUT2D eigenvalue weighted by Gasteiger charge is -2.22. The number of aliphatic imine (C=N–C) groups is 2. The molecule has 21 heavy (non-hydrogen) atoms. The molecule has 0 aromatic heterocycles. The first-order valence-electron chi connectivity index (χ1n) is 6.58. The third-order valence-corrected chi connectivity index (χ3v) is 3.30. The van der Waals surface area contributed by atoms with Gasteiger partial charge in [-0.1, -0.05) is 60.7 Å². The second kappa shape index (κ2) is 7.11. The standard InChI is InChI=1S/C17H14N2O2/c20-13-18-17(19-14-21,16-9-5-2-6-10-16)12-11-15-7-3-1-4-8-15/h1-10H,11-12H2. The zero-order valence-electron chi connectivity index (χ0n) is 11.4. The van der Waals surface area contributed by atoms with E-state index in [1.807, 2.05) is 48.5 Å². The molecule has 4 heteroatoms. The summed E-state index contributed by atoms with van der Waals surface area (Å²) in [5.74, 6) is 0. The van der Waals surface area contributed by atoms with Gasteiger partial charge in [-0.2, -0.15) is 9.98 Å². The molecule has 0 aliphatic rings. The van der Waals surface area contributed by atoms with Crippen LogP contribution in [-0.4, -0.2) is 12.2 Å². The summed E-state index contributed by atoms with van der Waals surface area (Å²) >= 11 is 0. The smallest absolute Gasteiger partial charge is 0.211 e. The Labute approximate surface area is 122 Å². The zero-order valence-corrected chi connectivity index (χ0v) is 11.4. The van der Waals surface area contributed by atoms with Crippen LogP contribution in [0.1, 0.15) is 17.5 Å². The second-order valence-corrected chi connectivity index (χ2v) is 4.57. The quantitative estimate of drug-likeness (QED) is 0.602. The van der Waals surface area contributed by atoms with Crippen molar-refractivity contribution in [3.05, 3.63) is 71.8 Å². The van der Waals surface area contributed by atoms with Crippen molar-refractivity contribution in [2.24, 2.45) is 9.98 Å². The highest BCUT2D eigenvalue weighted by Crippen LogP contribution is 2.32. The van der Waals surface area contributed by atoms with E-state index in [0.717, 1.165) is 5.56 Å². The van der Waals surface area contributed by atoms with E-state index in [9.17, 15) is 9.59 Å². The maximum atomic E-state index is 10.8.